The molecular weight excluding hydrogens is 416 g/mol. The summed E-state index contributed by atoms with van der Waals surface area (Å²) in [5.74, 6) is 1.54. The van der Waals surface area contributed by atoms with E-state index in [-0.39, 0.29) is 0 Å². The van der Waals surface area contributed by atoms with E-state index < -0.39 is 0 Å². The molecule has 0 spiro atoms. The summed E-state index contributed by atoms with van der Waals surface area (Å²) in [6, 6.07) is 33.2. The minimum atomic E-state index is 0.449. The second-order valence-corrected chi connectivity index (χ2v) is 8.22. The fraction of sp³-hybridized carbons (Fsp3) is 0.0625. The van der Waals surface area contributed by atoms with Crippen LogP contribution < -0.4 is 9.47 Å². The van der Waals surface area contributed by atoms with Crippen molar-refractivity contribution in [1.29, 1.82) is 0 Å². The Balaban J connectivity index is 1.56. The third kappa shape index (κ3) is 4.31. The lowest BCUT2D eigenvalue weighted by atomic mass is 10.00. The summed E-state index contributed by atoms with van der Waals surface area (Å²) in [7, 11) is 0. The zero-order valence-electron chi connectivity index (χ0n) is 19.0. The number of hydrogen-bond acceptors (Lipinski definition) is 2. The lowest BCUT2D eigenvalue weighted by Crippen LogP contribution is -2.02. The molecule has 0 bridgehead atoms. The van der Waals surface area contributed by atoms with Crippen molar-refractivity contribution in [2.45, 2.75) is 13.2 Å². The number of ether oxygens (including phenoxy) is 2. The van der Waals surface area contributed by atoms with Crippen LogP contribution >= 0.6 is 0 Å². The highest BCUT2D eigenvalue weighted by Crippen LogP contribution is 2.44. The van der Waals surface area contributed by atoms with E-state index in [0.717, 1.165) is 55.3 Å². The molecule has 5 aromatic carbocycles. The predicted molar refractivity (Wildman–Crippen MR) is 143 cm³/mol. The molecule has 0 unspecified atom stereocenters. The van der Waals surface area contributed by atoms with Crippen LogP contribution in [0.1, 0.15) is 22.3 Å². The number of rotatable bonds is 8. The Labute approximate surface area is 200 Å². The van der Waals surface area contributed by atoms with Gasteiger partial charge in [-0.05, 0) is 33.0 Å². The second-order valence-electron chi connectivity index (χ2n) is 8.22. The minimum absolute atomic E-state index is 0.449. The summed E-state index contributed by atoms with van der Waals surface area (Å²) in [6.45, 7) is 8.56. The van der Waals surface area contributed by atoms with E-state index in [2.05, 4.69) is 98.1 Å². The quantitative estimate of drug-likeness (QED) is 0.224. The summed E-state index contributed by atoms with van der Waals surface area (Å²) in [6.07, 6.45) is 3.68. The van der Waals surface area contributed by atoms with Crippen molar-refractivity contribution < 1.29 is 9.47 Å². The van der Waals surface area contributed by atoms with Gasteiger partial charge in [0.2, 0.25) is 0 Å². The maximum absolute atomic E-state index is 6.48. The standard InChI is InChI=1S/C32H26O2/c1-3-23-13-17-25(18-14-23)21-33-31-29-11-7-5-9-27(29)28-10-6-8-12-30(28)32(31)34-22-26-19-15-24(4-2)16-20-26/h3-20H,1-2,21-22H2. The van der Waals surface area contributed by atoms with Gasteiger partial charge in [0.15, 0.2) is 11.5 Å². The topological polar surface area (TPSA) is 18.5 Å². The van der Waals surface area contributed by atoms with Crippen molar-refractivity contribution in [3.63, 3.8) is 0 Å². The first-order valence-electron chi connectivity index (χ1n) is 11.4. The van der Waals surface area contributed by atoms with E-state index in [1.54, 1.807) is 0 Å². The number of fused-ring (bicyclic) bond motifs is 3. The van der Waals surface area contributed by atoms with Crippen molar-refractivity contribution in [1.82, 2.24) is 0 Å². The van der Waals surface area contributed by atoms with Crippen LogP contribution in [0.15, 0.2) is 110 Å². The van der Waals surface area contributed by atoms with Gasteiger partial charge >= 0.3 is 0 Å². The van der Waals surface area contributed by atoms with Crippen LogP contribution in [-0.4, -0.2) is 0 Å². The molecule has 5 aromatic rings. The van der Waals surface area contributed by atoms with E-state index in [0.29, 0.717) is 13.2 Å². The van der Waals surface area contributed by atoms with Gasteiger partial charge in [-0.15, -0.1) is 0 Å². The lowest BCUT2D eigenvalue weighted by molar-refractivity contribution is 0.261. The van der Waals surface area contributed by atoms with Crippen molar-refractivity contribution in [3.8, 4) is 11.5 Å². The molecule has 0 heterocycles. The van der Waals surface area contributed by atoms with Gasteiger partial charge in [-0.2, -0.15) is 0 Å². The van der Waals surface area contributed by atoms with Crippen LogP contribution in [-0.2, 0) is 13.2 Å². The maximum atomic E-state index is 6.48. The molecule has 0 N–H and O–H groups in total. The van der Waals surface area contributed by atoms with E-state index in [1.807, 2.05) is 24.3 Å². The SMILES string of the molecule is C=Cc1ccc(COc2c(OCc3ccc(C=C)cc3)c3ccccc3c3ccccc23)cc1. The Morgan fingerprint density at radius 1 is 0.471 bits per heavy atom. The average molecular weight is 443 g/mol. The first kappa shape index (κ1) is 21.5. The van der Waals surface area contributed by atoms with Crippen LogP contribution in [0.3, 0.4) is 0 Å². The van der Waals surface area contributed by atoms with E-state index in [4.69, 9.17) is 9.47 Å². The molecule has 0 aliphatic heterocycles. The fourth-order valence-corrected chi connectivity index (χ4v) is 4.17. The van der Waals surface area contributed by atoms with E-state index >= 15 is 0 Å². The molecule has 2 heteroatoms. The Hall–Kier alpha value is -4.30. The zero-order valence-corrected chi connectivity index (χ0v) is 19.0. The summed E-state index contributed by atoms with van der Waals surface area (Å²) >= 11 is 0. The van der Waals surface area contributed by atoms with Crippen LogP contribution in [0.4, 0.5) is 0 Å². The molecule has 0 saturated heterocycles. The minimum Gasteiger partial charge on any atom is -0.484 e. The molecular formula is C32H26O2. The average Bonchev–Trinajstić information content (AvgIpc) is 2.91. The normalized spacial score (nSPS) is 10.8. The highest BCUT2D eigenvalue weighted by atomic mass is 16.5. The smallest absolute Gasteiger partial charge is 0.170 e. The van der Waals surface area contributed by atoms with Gasteiger partial charge in [-0.1, -0.05) is 122 Å². The Bertz CT molecular complexity index is 1350. The van der Waals surface area contributed by atoms with E-state index in [1.165, 1.54) is 0 Å². The van der Waals surface area contributed by atoms with Crippen LogP contribution in [0.2, 0.25) is 0 Å². The van der Waals surface area contributed by atoms with Gasteiger partial charge < -0.3 is 9.47 Å². The van der Waals surface area contributed by atoms with Gasteiger partial charge in [0.05, 0.1) is 0 Å². The molecule has 0 saturated carbocycles. The van der Waals surface area contributed by atoms with Crippen LogP contribution in [0, 0.1) is 0 Å². The van der Waals surface area contributed by atoms with Crippen molar-refractivity contribution in [3.05, 3.63) is 132 Å². The summed E-state index contributed by atoms with van der Waals surface area (Å²) in [5, 5.41) is 4.39. The van der Waals surface area contributed by atoms with Crippen molar-refractivity contribution in [2.75, 3.05) is 0 Å². The highest BCUT2D eigenvalue weighted by Gasteiger charge is 2.17. The monoisotopic (exact) mass is 442 g/mol. The molecule has 0 fully saturated rings. The van der Waals surface area contributed by atoms with Gasteiger partial charge in [0, 0.05) is 10.8 Å². The second kappa shape index (κ2) is 9.68. The van der Waals surface area contributed by atoms with Crippen LogP contribution in [0.25, 0.3) is 33.7 Å². The molecule has 2 nitrogen and oxygen atoms in total. The summed E-state index contributed by atoms with van der Waals surface area (Å²) in [5.41, 5.74) is 4.36. The summed E-state index contributed by atoms with van der Waals surface area (Å²) in [4.78, 5) is 0. The zero-order chi connectivity index (χ0) is 23.3. The third-order valence-corrected chi connectivity index (χ3v) is 6.04. The number of benzene rings is 5. The molecule has 0 aromatic heterocycles. The summed E-state index contributed by atoms with van der Waals surface area (Å²) < 4.78 is 13.0. The molecule has 0 aliphatic carbocycles. The molecule has 0 atom stereocenters. The molecule has 0 amide bonds. The third-order valence-electron chi connectivity index (χ3n) is 6.04. The van der Waals surface area contributed by atoms with Gasteiger partial charge in [-0.3, -0.25) is 0 Å². The first-order chi connectivity index (χ1) is 16.8. The predicted octanol–water partition coefficient (Wildman–Crippen LogP) is 8.44. The molecule has 0 radical (unpaired) electrons. The lowest BCUT2D eigenvalue weighted by Gasteiger charge is -2.19. The molecule has 34 heavy (non-hydrogen) atoms. The molecule has 5 rings (SSSR count). The van der Waals surface area contributed by atoms with Gasteiger partial charge in [0.25, 0.3) is 0 Å². The Morgan fingerprint density at radius 2 is 0.824 bits per heavy atom. The first-order valence-corrected chi connectivity index (χ1v) is 11.4. The van der Waals surface area contributed by atoms with Gasteiger partial charge in [-0.25, -0.2) is 0 Å². The Morgan fingerprint density at radius 3 is 1.18 bits per heavy atom. The fourth-order valence-electron chi connectivity index (χ4n) is 4.17. The number of hydrogen-bond donors (Lipinski definition) is 0. The maximum Gasteiger partial charge on any atom is 0.170 e. The largest absolute Gasteiger partial charge is 0.484 e. The Kier molecular flexibility index (Phi) is 6.13. The molecule has 0 aliphatic rings. The van der Waals surface area contributed by atoms with E-state index in [9.17, 15) is 0 Å². The molecule has 166 valence electrons. The highest BCUT2D eigenvalue weighted by molar-refractivity contribution is 6.13. The van der Waals surface area contributed by atoms with Crippen LogP contribution in [0.5, 0.6) is 11.5 Å². The van der Waals surface area contributed by atoms with Gasteiger partial charge in [0.1, 0.15) is 13.2 Å². The van der Waals surface area contributed by atoms with Crippen molar-refractivity contribution in [2.24, 2.45) is 0 Å². The van der Waals surface area contributed by atoms with Crippen molar-refractivity contribution >= 4 is 33.7 Å².